The maximum Gasteiger partial charge on any atom is 0.0184 e. The molecule has 1 rings (SSSR count). The molecule has 0 amide bonds. The van der Waals surface area contributed by atoms with E-state index in [-0.39, 0.29) is 0 Å². The molecule has 1 heteroatoms. The molecule has 1 saturated heterocycles. The Balaban J connectivity index is 2.54. The maximum absolute atomic E-state index is 3.89. The van der Waals surface area contributed by atoms with Crippen molar-refractivity contribution in [2.45, 2.75) is 84.1 Å². The quantitative estimate of drug-likeness (QED) is 0.701. The van der Waals surface area contributed by atoms with Crippen LogP contribution < -0.4 is 5.32 Å². The SMILES string of the molecule is CCCC(C)CC1(CCC)CCCCCN1. The van der Waals surface area contributed by atoms with Gasteiger partial charge in [0.1, 0.15) is 0 Å². The summed E-state index contributed by atoms with van der Waals surface area (Å²) < 4.78 is 0. The van der Waals surface area contributed by atoms with Gasteiger partial charge in [-0.25, -0.2) is 0 Å². The molecule has 1 heterocycles. The molecule has 0 aromatic heterocycles. The van der Waals surface area contributed by atoms with Gasteiger partial charge in [0.25, 0.3) is 0 Å². The smallest absolute Gasteiger partial charge is 0.0184 e. The highest BCUT2D eigenvalue weighted by Gasteiger charge is 2.30. The van der Waals surface area contributed by atoms with Crippen LogP contribution in [0.25, 0.3) is 0 Å². The normalized spacial score (nSPS) is 28.7. The fourth-order valence-electron chi connectivity index (χ4n) is 3.44. The van der Waals surface area contributed by atoms with E-state index in [2.05, 4.69) is 26.1 Å². The third kappa shape index (κ3) is 4.45. The number of hydrogen-bond acceptors (Lipinski definition) is 1. The van der Waals surface area contributed by atoms with Gasteiger partial charge in [-0.1, -0.05) is 52.9 Å². The highest BCUT2D eigenvalue weighted by atomic mass is 15.0. The average Bonchev–Trinajstić information content (AvgIpc) is 2.45. The average molecular weight is 225 g/mol. The van der Waals surface area contributed by atoms with Crippen LogP contribution in [0.1, 0.15) is 78.6 Å². The number of nitrogens with one attached hydrogen (secondary N) is 1. The van der Waals surface area contributed by atoms with Gasteiger partial charge in [0.15, 0.2) is 0 Å². The molecule has 0 aromatic rings. The molecule has 0 bridgehead atoms. The molecule has 1 nitrogen and oxygen atoms in total. The molecule has 0 spiro atoms. The highest BCUT2D eigenvalue weighted by Crippen LogP contribution is 2.31. The van der Waals surface area contributed by atoms with Crippen molar-refractivity contribution in [3.05, 3.63) is 0 Å². The van der Waals surface area contributed by atoms with Crippen molar-refractivity contribution in [3.8, 4) is 0 Å². The van der Waals surface area contributed by atoms with Crippen molar-refractivity contribution in [1.29, 1.82) is 0 Å². The van der Waals surface area contributed by atoms with E-state index in [0.29, 0.717) is 5.54 Å². The summed E-state index contributed by atoms with van der Waals surface area (Å²) in [4.78, 5) is 0. The predicted octanol–water partition coefficient (Wildman–Crippen LogP) is 4.52. The van der Waals surface area contributed by atoms with Crippen molar-refractivity contribution in [3.63, 3.8) is 0 Å². The topological polar surface area (TPSA) is 12.0 Å². The highest BCUT2D eigenvalue weighted by molar-refractivity contribution is 4.90. The first kappa shape index (κ1) is 14.0. The Kier molecular flexibility index (Phi) is 6.41. The molecular formula is C15H31N. The van der Waals surface area contributed by atoms with E-state index in [1.54, 1.807) is 0 Å². The minimum absolute atomic E-state index is 0.486. The van der Waals surface area contributed by atoms with Crippen LogP contribution in [0, 0.1) is 5.92 Å². The van der Waals surface area contributed by atoms with Gasteiger partial charge in [-0.05, 0) is 38.1 Å². The first-order chi connectivity index (χ1) is 7.72. The summed E-state index contributed by atoms with van der Waals surface area (Å²) in [5, 5.41) is 3.89. The third-order valence-electron chi connectivity index (χ3n) is 4.08. The molecule has 1 fully saturated rings. The van der Waals surface area contributed by atoms with Gasteiger partial charge in [-0.3, -0.25) is 0 Å². The molecule has 0 radical (unpaired) electrons. The number of hydrogen-bond donors (Lipinski definition) is 1. The summed E-state index contributed by atoms with van der Waals surface area (Å²) in [7, 11) is 0. The van der Waals surface area contributed by atoms with Gasteiger partial charge in [0.05, 0.1) is 0 Å². The van der Waals surface area contributed by atoms with E-state index in [4.69, 9.17) is 0 Å². The third-order valence-corrected chi connectivity index (χ3v) is 4.08. The Morgan fingerprint density at radius 1 is 1.12 bits per heavy atom. The van der Waals surface area contributed by atoms with Gasteiger partial charge in [0.2, 0.25) is 0 Å². The minimum atomic E-state index is 0.486. The lowest BCUT2D eigenvalue weighted by Gasteiger charge is -2.36. The molecule has 0 aromatic carbocycles. The van der Waals surface area contributed by atoms with E-state index in [0.717, 1.165) is 5.92 Å². The minimum Gasteiger partial charge on any atom is -0.311 e. The lowest BCUT2D eigenvalue weighted by molar-refractivity contribution is 0.227. The Labute approximate surface area is 102 Å². The van der Waals surface area contributed by atoms with Crippen LogP contribution in [0.4, 0.5) is 0 Å². The summed E-state index contributed by atoms with van der Waals surface area (Å²) in [6, 6.07) is 0. The van der Waals surface area contributed by atoms with Crippen LogP contribution >= 0.6 is 0 Å². The van der Waals surface area contributed by atoms with Crippen LogP contribution in [-0.4, -0.2) is 12.1 Å². The summed E-state index contributed by atoms with van der Waals surface area (Å²) in [6.07, 6.45) is 12.5. The van der Waals surface area contributed by atoms with E-state index >= 15 is 0 Å². The molecule has 1 aliphatic heterocycles. The molecule has 0 saturated carbocycles. The monoisotopic (exact) mass is 225 g/mol. The second-order valence-electron chi connectivity index (χ2n) is 5.87. The predicted molar refractivity (Wildman–Crippen MR) is 72.8 cm³/mol. The number of rotatable bonds is 6. The fourth-order valence-corrected chi connectivity index (χ4v) is 3.44. The van der Waals surface area contributed by atoms with Crippen LogP contribution in [0.5, 0.6) is 0 Å². The van der Waals surface area contributed by atoms with Crippen LogP contribution in [0.2, 0.25) is 0 Å². The van der Waals surface area contributed by atoms with Crippen molar-refractivity contribution in [1.82, 2.24) is 5.32 Å². The van der Waals surface area contributed by atoms with Gasteiger partial charge in [-0.2, -0.15) is 0 Å². The van der Waals surface area contributed by atoms with Crippen LogP contribution in [0.15, 0.2) is 0 Å². The van der Waals surface area contributed by atoms with Gasteiger partial charge < -0.3 is 5.32 Å². The van der Waals surface area contributed by atoms with Gasteiger partial charge in [-0.15, -0.1) is 0 Å². The van der Waals surface area contributed by atoms with E-state index in [9.17, 15) is 0 Å². The zero-order valence-corrected chi connectivity index (χ0v) is 11.6. The van der Waals surface area contributed by atoms with E-state index in [1.807, 2.05) is 0 Å². The van der Waals surface area contributed by atoms with Crippen molar-refractivity contribution in [2.24, 2.45) is 5.92 Å². The Morgan fingerprint density at radius 3 is 2.62 bits per heavy atom. The molecular weight excluding hydrogens is 194 g/mol. The summed E-state index contributed by atoms with van der Waals surface area (Å²) >= 11 is 0. The lowest BCUT2D eigenvalue weighted by atomic mass is 9.80. The zero-order chi connectivity index (χ0) is 11.9. The standard InChI is InChI=1S/C15H31N/c1-4-9-14(3)13-15(10-5-2)11-7-6-8-12-16-15/h14,16H,4-13H2,1-3H3. The van der Waals surface area contributed by atoms with Crippen LogP contribution in [-0.2, 0) is 0 Å². The van der Waals surface area contributed by atoms with E-state index in [1.165, 1.54) is 64.3 Å². The summed E-state index contributed by atoms with van der Waals surface area (Å²) in [6.45, 7) is 8.33. The van der Waals surface area contributed by atoms with Gasteiger partial charge >= 0.3 is 0 Å². The van der Waals surface area contributed by atoms with Crippen molar-refractivity contribution >= 4 is 0 Å². The molecule has 16 heavy (non-hydrogen) atoms. The zero-order valence-electron chi connectivity index (χ0n) is 11.6. The molecule has 1 N–H and O–H groups in total. The Hall–Kier alpha value is -0.0400. The Morgan fingerprint density at radius 2 is 1.94 bits per heavy atom. The fraction of sp³-hybridized carbons (Fsp3) is 1.00. The largest absolute Gasteiger partial charge is 0.311 e. The first-order valence-electron chi connectivity index (χ1n) is 7.47. The summed E-state index contributed by atoms with van der Waals surface area (Å²) in [5.41, 5.74) is 0.486. The second-order valence-corrected chi connectivity index (χ2v) is 5.87. The lowest BCUT2D eigenvalue weighted by Crippen LogP contribution is -2.45. The molecule has 96 valence electrons. The molecule has 1 aliphatic rings. The maximum atomic E-state index is 3.89. The van der Waals surface area contributed by atoms with Gasteiger partial charge in [0, 0.05) is 5.54 Å². The van der Waals surface area contributed by atoms with Crippen LogP contribution in [0.3, 0.4) is 0 Å². The van der Waals surface area contributed by atoms with Crippen molar-refractivity contribution in [2.75, 3.05) is 6.54 Å². The van der Waals surface area contributed by atoms with Crippen molar-refractivity contribution < 1.29 is 0 Å². The molecule has 2 atom stereocenters. The molecule has 2 unspecified atom stereocenters. The van der Waals surface area contributed by atoms with E-state index < -0.39 is 0 Å². The summed E-state index contributed by atoms with van der Waals surface area (Å²) in [5.74, 6) is 0.891. The Bertz CT molecular complexity index is 168. The first-order valence-corrected chi connectivity index (χ1v) is 7.47. The second kappa shape index (κ2) is 7.32. The molecule has 0 aliphatic carbocycles.